The number of unbranched alkanes of at least 4 members (excludes halogenated alkanes) is 6. The standard InChI is InChI=1S/C13H24O/c1-3-5-6-7-8-9-10-11-13(4-2)12-14-13/h4H,2-3,5-12H2,1H3. The fourth-order valence-corrected chi connectivity index (χ4v) is 1.84. The number of ether oxygens (including phenoxy) is 1. The van der Waals surface area contributed by atoms with Crippen molar-refractivity contribution in [3.63, 3.8) is 0 Å². The Morgan fingerprint density at radius 2 is 1.71 bits per heavy atom. The van der Waals surface area contributed by atoms with Gasteiger partial charge in [-0.2, -0.15) is 0 Å². The molecule has 0 aromatic rings. The molecule has 0 bridgehead atoms. The molecule has 1 aliphatic rings. The molecule has 1 atom stereocenters. The second kappa shape index (κ2) is 6.23. The highest BCUT2D eigenvalue weighted by Gasteiger charge is 2.40. The lowest BCUT2D eigenvalue weighted by atomic mass is 10.0. The van der Waals surface area contributed by atoms with Crippen LogP contribution in [0.25, 0.3) is 0 Å². The normalized spacial score (nSPS) is 24.9. The zero-order valence-electron chi connectivity index (χ0n) is 9.56. The smallest absolute Gasteiger partial charge is 0.109 e. The van der Waals surface area contributed by atoms with Crippen LogP contribution in [-0.2, 0) is 4.74 Å². The van der Waals surface area contributed by atoms with Crippen LogP contribution >= 0.6 is 0 Å². The largest absolute Gasteiger partial charge is 0.365 e. The molecule has 0 N–H and O–H groups in total. The zero-order valence-corrected chi connectivity index (χ0v) is 9.56. The van der Waals surface area contributed by atoms with Crippen LogP contribution < -0.4 is 0 Å². The highest BCUT2D eigenvalue weighted by Crippen LogP contribution is 2.33. The van der Waals surface area contributed by atoms with E-state index in [-0.39, 0.29) is 5.60 Å². The van der Waals surface area contributed by atoms with Crippen LogP contribution in [0.15, 0.2) is 12.7 Å². The Balaban J connectivity index is 1.83. The summed E-state index contributed by atoms with van der Waals surface area (Å²) in [7, 11) is 0. The van der Waals surface area contributed by atoms with E-state index in [1.807, 2.05) is 6.08 Å². The molecule has 1 saturated heterocycles. The first-order chi connectivity index (χ1) is 6.83. The van der Waals surface area contributed by atoms with E-state index in [0.29, 0.717) is 0 Å². The van der Waals surface area contributed by atoms with Crippen LogP contribution in [-0.4, -0.2) is 12.2 Å². The molecule has 0 aromatic carbocycles. The molecule has 0 amide bonds. The molecular formula is C13H24O. The van der Waals surface area contributed by atoms with Crippen LogP contribution in [0.1, 0.15) is 58.3 Å². The van der Waals surface area contributed by atoms with Crippen LogP contribution in [0.3, 0.4) is 0 Å². The van der Waals surface area contributed by atoms with Gasteiger partial charge in [0.2, 0.25) is 0 Å². The Labute approximate surface area is 88.5 Å². The van der Waals surface area contributed by atoms with Crippen molar-refractivity contribution in [2.24, 2.45) is 0 Å². The van der Waals surface area contributed by atoms with Crippen molar-refractivity contribution in [3.05, 3.63) is 12.7 Å². The predicted molar refractivity (Wildman–Crippen MR) is 61.5 cm³/mol. The lowest BCUT2D eigenvalue weighted by Gasteiger charge is -2.05. The van der Waals surface area contributed by atoms with Crippen molar-refractivity contribution in [3.8, 4) is 0 Å². The van der Waals surface area contributed by atoms with Gasteiger partial charge in [-0.25, -0.2) is 0 Å². The number of hydrogen-bond acceptors (Lipinski definition) is 1. The van der Waals surface area contributed by atoms with E-state index < -0.39 is 0 Å². The maximum Gasteiger partial charge on any atom is 0.109 e. The van der Waals surface area contributed by atoms with E-state index in [9.17, 15) is 0 Å². The molecule has 1 rings (SSSR count). The fourth-order valence-electron chi connectivity index (χ4n) is 1.84. The van der Waals surface area contributed by atoms with Crippen LogP contribution in [0.4, 0.5) is 0 Å². The van der Waals surface area contributed by atoms with E-state index >= 15 is 0 Å². The molecule has 0 spiro atoms. The summed E-state index contributed by atoms with van der Waals surface area (Å²) in [5, 5.41) is 0. The summed E-state index contributed by atoms with van der Waals surface area (Å²) >= 11 is 0. The number of hydrogen-bond donors (Lipinski definition) is 0. The molecule has 0 radical (unpaired) electrons. The van der Waals surface area contributed by atoms with Gasteiger partial charge in [0.05, 0.1) is 6.61 Å². The SMILES string of the molecule is C=CC1(CCCCCCCCC)CO1. The third-order valence-electron chi connectivity index (χ3n) is 3.09. The van der Waals surface area contributed by atoms with Crippen molar-refractivity contribution >= 4 is 0 Å². The van der Waals surface area contributed by atoms with Gasteiger partial charge in [-0.1, -0.05) is 57.9 Å². The minimum absolute atomic E-state index is 0.101. The monoisotopic (exact) mass is 196 g/mol. The topological polar surface area (TPSA) is 12.5 Å². The highest BCUT2D eigenvalue weighted by molar-refractivity contribution is 5.06. The first-order valence-electron chi connectivity index (χ1n) is 6.10. The molecule has 1 fully saturated rings. The van der Waals surface area contributed by atoms with Crippen molar-refractivity contribution in [1.82, 2.24) is 0 Å². The lowest BCUT2D eigenvalue weighted by molar-refractivity contribution is 0.328. The summed E-state index contributed by atoms with van der Waals surface area (Å²) in [5.74, 6) is 0. The van der Waals surface area contributed by atoms with Crippen molar-refractivity contribution in [2.45, 2.75) is 63.9 Å². The number of rotatable bonds is 9. The van der Waals surface area contributed by atoms with Gasteiger partial charge in [0.1, 0.15) is 5.60 Å². The minimum atomic E-state index is 0.101. The third kappa shape index (κ3) is 4.28. The van der Waals surface area contributed by atoms with Gasteiger partial charge in [0, 0.05) is 0 Å². The summed E-state index contributed by atoms with van der Waals surface area (Å²) in [5.41, 5.74) is 0.101. The fraction of sp³-hybridized carbons (Fsp3) is 0.846. The predicted octanol–water partition coefficient (Wildman–Crippen LogP) is 4.08. The Morgan fingerprint density at radius 3 is 2.21 bits per heavy atom. The van der Waals surface area contributed by atoms with Crippen molar-refractivity contribution in [1.29, 1.82) is 0 Å². The highest BCUT2D eigenvalue weighted by atomic mass is 16.6. The summed E-state index contributed by atoms with van der Waals surface area (Å²) < 4.78 is 5.37. The zero-order chi connectivity index (χ0) is 10.3. The Morgan fingerprint density at radius 1 is 1.14 bits per heavy atom. The molecule has 0 aliphatic carbocycles. The summed E-state index contributed by atoms with van der Waals surface area (Å²) in [6.45, 7) is 6.98. The van der Waals surface area contributed by atoms with Gasteiger partial charge in [0.25, 0.3) is 0 Å². The minimum Gasteiger partial charge on any atom is -0.365 e. The second-order valence-corrected chi connectivity index (χ2v) is 4.43. The van der Waals surface area contributed by atoms with E-state index in [1.165, 1.54) is 51.4 Å². The summed E-state index contributed by atoms with van der Waals surface area (Å²) in [6.07, 6.45) is 12.8. The van der Waals surface area contributed by atoms with E-state index in [1.54, 1.807) is 0 Å². The number of epoxide rings is 1. The maximum atomic E-state index is 5.37. The molecule has 0 aromatic heterocycles. The van der Waals surface area contributed by atoms with Gasteiger partial charge in [-0.15, -0.1) is 6.58 Å². The average molecular weight is 196 g/mol. The average Bonchev–Trinajstić information content (AvgIpc) is 2.98. The molecule has 1 nitrogen and oxygen atoms in total. The molecule has 1 aliphatic heterocycles. The van der Waals surface area contributed by atoms with E-state index in [0.717, 1.165) is 6.61 Å². The first-order valence-corrected chi connectivity index (χ1v) is 6.10. The molecule has 0 saturated carbocycles. The summed E-state index contributed by atoms with van der Waals surface area (Å²) in [4.78, 5) is 0. The van der Waals surface area contributed by atoms with E-state index in [4.69, 9.17) is 4.74 Å². The lowest BCUT2D eigenvalue weighted by Crippen LogP contribution is -2.05. The summed E-state index contributed by atoms with van der Waals surface area (Å²) in [6, 6.07) is 0. The Hall–Kier alpha value is -0.300. The van der Waals surface area contributed by atoms with Gasteiger partial charge < -0.3 is 4.74 Å². The molecule has 1 unspecified atom stereocenters. The molecule has 1 heteroatoms. The van der Waals surface area contributed by atoms with E-state index in [2.05, 4.69) is 13.5 Å². The molecule has 1 heterocycles. The second-order valence-electron chi connectivity index (χ2n) is 4.43. The Bertz CT molecular complexity index is 159. The quantitative estimate of drug-likeness (QED) is 0.307. The maximum absolute atomic E-state index is 5.37. The first kappa shape index (κ1) is 11.8. The Kier molecular flexibility index (Phi) is 5.24. The molecular weight excluding hydrogens is 172 g/mol. The van der Waals surface area contributed by atoms with Crippen LogP contribution in [0, 0.1) is 0 Å². The van der Waals surface area contributed by atoms with Crippen LogP contribution in [0.2, 0.25) is 0 Å². The van der Waals surface area contributed by atoms with Gasteiger partial charge in [-0.3, -0.25) is 0 Å². The van der Waals surface area contributed by atoms with Crippen molar-refractivity contribution < 1.29 is 4.74 Å². The van der Waals surface area contributed by atoms with Gasteiger partial charge >= 0.3 is 0 Å². The van der Waals surface area contributed by atoms with Gasteiger partial charge in [-0.05, 0) is 6.42 Å². The molecule has 14 heavy (non-hydrogen) atoms. The van der Waals surface area contributed by atoms with Crippen LogP contribution in [0.5, 0.6) is 0 Å². The van der Waals surface area contributed by atoms with Crippen molar-refractivity contribution in [2.75, 3.05) is 6.61 Å². The third-order valence-corrected chi connectivity index (χ3v) is 3.09. The van der Waals surface area contributed by atoms with Gasteiger partial charge in [0.15, 0.2) is 0 Å². The molecule has 82 valence electrons.